The van der Waals surface area contributed by atoms with Crippen molar-refractivity contribution in [1.82, 2.24) is 15.5 Å². The molecule has 0 aliphatic carbocycles. The fourth-order valence-electron chi connectivity index (χ4n) is 5.19. The maximum atomic E-state index is 14.6. The summed E-state index contributed by atoms with van der Waals surface area (Å²) in [6.07, 6.45) is 2.92. The van der Waals surface area contributed by atoms with E-state index in [9.17, 15) is 14.0 Å². The van der Waals surface area contributed by atoms with Gasteiger partial charge in [0.1, 0.15) is 0 Å². The molecule has 1 saturated heterocycles. The fraction of sp³-hybridized carbons (Fsp3) is 0.303. The summed E-state index contributed by atoms with van der Waals surface area (Å²) in [7, 11) is 0. The highest BCUT2D eigenvalue weighted by Crippen LogP contribution is 2.27. The zero-order valence-corrected chi connectivity index (χ0v) is 23.7. The van der Waals surface area contributed by atoms with Crippen LogP contribution in [0.3, 0.4) is 0 Å². The highest BCUT2D eigenvalue weighted by atomic mass is 19.1. The SMILES string of the molecule is NC(N)=NCCC[C@@H]1N[C@H](CNC(=O)C(F)=Cc2ccccc2)CCN(CC(c2ccccc2)c2ccccc2)C1=O. The van der Waals surface area contributed by atoms with E-state index in [1.54, 1.807) is 24.3 Å². The number of carbonyl (C=O) groups is 2. The second kappa shape index (κ2) is 15.5. The predicted molar refractivity (Wildman–Crippen MR) is 165 cm³/mol. The Morgan fingerprint density at radius 2 is 1.60 bits per heavy atom. The van der Waals surface area contributed by atoms with Crippen LogP contribution < -0.4 is 22.1 Å². The topological polar surface area (TPSA) is 126 Å². The van der Waals surface area contributed by atoms with Crippen molar-refractivity contribution in [3.8, 4) is 0 Å². The van der Waals surface area contributed by atoms with E-state index in [4.69, 9.17) is 11.5 Å². The summed E-state index contributed by atoms with van der Waals surface area (Å²) >= 11 is 0. The largest absolute Gasteiger partial charge is 0.370 e. The highest BCUT2D eigenvalue weighted by Gasteiger charge is 2.32. The van der Waals surface area contributed by atoms with E-state index in [2.05, 4.69) is 39.9 Å². The number of aliphatic imine (C=N–C) groups is 1. The molecule has 8 nitrogen and oxygen atoms in total. The van der Waals surface area contributed by atoms with Crippen molar-refractivity contribution >= 4 is 23.8 Å². The Balaban J connectivity index is 1.48. The van der Waals surface area contributed by atoms with Crippen LogP contribution in [0.15, 0.2) is 102 Å². The lowest BCUT2D eigenvalue weighted by molar-refractivity contribution is -0.133. The molecule has 0 spiro atoms. The fourth-order valence-corrected chi connectivity index (χ4v) is 5.19. The van der Waals surface area contributed by atoms with Gasteiger partial charge in [-0.2, -0.15) is 0 Å². The third kappa shape index (κ3) is 9.01. The molecule has 42 heavy (non-hydrogen) atoms. The van der Waals surface area contributed by atoms with E-state index in [0.717, 1.165) is 11.1 Å². The van der Waals surface area contributed by atoms with E-state index in [0.29, 0.717) is 44.5 Å². The number of guanidine groups is 1. The van der Waals surface area contributed by atoms with Gasteiger partial charge in [0, 0.05) is 38.1 Å². The molecular weight excluding hydrogens is 531 g/mol. The van der Waals surface area contributed by atoms with Crippen LogP contribution in [-0.2, 0) is 9.59 Å². The number of benzene rings is 3. The van der Waals surface area contributed by atoms with Crippen LogP contribution >= 0.6 is 0 Å². The molecule has 4 rings (SSSR count). The molecule has 1 aliphatic rings. The molecule has 9 heteroatoms. The Kier molecular flexibility index (Phi) is 11.2. The molecule has 3 aromatic rings. The number of amides is 2. The summed E-state index contributed by atoms with van der Waals surface area (Å²) in [5.74, 6) is -1.66. The molecule has 1 fully saturated rings. The summed E-state index contributed by atoms with van der Waals surface area (Å²) in [6.45, 7) is 1.59. The third-order valence-corrected chi connectivity index (χ3v) is 7.37. The summed E-state index contributed by atoms with van der Waals surface area (Å²) in [5.41, 5.74) is 13.8. The quantitative estimate of drug-likeness (QED) is 0.115. The van der Waals surface area contributed by atoms with Crippen LogP contribution in [0.25, 0.3) is 6.08 Å². The van der Waals surface area contributed by atoms with Crippen LogP contribution in [0.4, 0.5) is 4.39 Å². The Labute approximate surface area is 246 Å². The number of hydrogen-bond donors (Lipinski definition) is 4. The molecule has 0 radical (unpaired) electrons. The molecule has 3 aromatic carbocycles. The van der Waals surface area contributed by atoms with Gasteiger partial charge in [0.15, 0.2) is 11.8 Å². The summed E-state index contributed by atoms with van der Waals surface area (Å²) < 4.78 is 14.6. The van der Waals surface area contributed by atoms with E-state index < -0.39 is 17.8 Å². The van der Waals surface area contributed by atoms with Crippen molar-refractivity contribution in [2.45, 2.75) is 37.3 Å². The molecule has 0 bridgehead atoms. The first-order valence-electron chi connectivity index (χ1n) is 14.3. The van der Waals surface area contributed by atoms with Crippen LogP contribution in [-0.4, -0.2) is 60.9 Å². The monoisotopic (exact) mass is 570 g/mol. The predicted octanol–water partition coefficient (Wildman–Crippen LogP) is 3.56. The van der Waals surface area contributed by atoms with Crippen molar-refractivity contribution in [2.24, 2.45) is 16.5 Å². The van der Waals surface area contributed by atoms with Gasteiger partial charge in [-0.3, -0.25) is 14.6 Å². The van der Waals surface area contributed by atoms with E-state index in [-0.39, 0.29) is 30.4 Å². The molecule has 0 aromatic heterocycles. The van der Waals surface area contributed by atoms with Gasteiger partial charge in [-0.05, 0) is 42.0 Å². The molecular formula is C33H39FN6O2. The minimum Gasteiger partial charge on any atom is -0.370 e. The number of nitrogens with one attached hydrogen (secondary N) is 2. The lowest BCUT2D eigenvalue weighted by atomic mass is 9.90. The smallest absolute Gasteiger partial charge is 0.280 e. The summed E-state index contributed by atoms with van der Waals surface area (Å²) in [4.78, 5) is 32.4. The minimum absolute atomic E-state index is 0.00730. The average molecular weight is 571 g/mol. The number of carbonyl (C=O) groups excluding carboxylic acids is 2. The van der Waals surface area contributed by atoms with E-state index in [1.165, 1.54) is 6.08 Å². The van der Waals surface area contributed by atoms with Crippen molar-refractivity contribution in [1.29, 1.82) is 0 Å². The maximum absolute atomic E-state index is 14.6. The number of nitrogens with zero attached hydrogens (tertiary/aromatic N) is 2. The molecule has 0 unspecified atom stereocenters. The number of hydrogen-bond acceptors (Lipinski definition) is 4. The Bertz CT molecular complexity index is 1310. The minimum atomic E-state index is -0.866. The zero-order chi connectivity index (χ0) is 29.7. The van der Waals surface area contributed by atoms with Crippen LogP contribution in [0.1, 0.15) is 41.9 Å². The van der Waals surface area contributed by atoms with Gasteiger partial charge in [-0.1, -0.05) is 91.0 Å². The number of rotatable bonds is 12. The lowest BCUT2D eigenvalue weighted by Crippen LogP contribution is -2.49. The number of nitrogens with two attached hydrogens (primary N) is 2. The molecule has 2 atom stereocenters. The van der Waals surface area contributed by atoms with Gasteiger partial charge in [0.25, 0.3) is 5.91 Å². The Morgan fingerprint density at radius 1 is 1.00 bits per heavy atom. The van der Waals surface area contributed by atoms with Crippen molar-refractivity contribution < 1.29 is 14.0 Å². The van der Waals surface area contributed by atoms with E-state index in [1.807, 2.05) is 47.4 Å². The molecule has 220 valence electrons. The molecule has 6 N–H and O–H groups in total. The maximum Gasteiger partial charge on any atom is 0.280 e. The van der Waals surface area contributed by atoms with Gasteiger partial charge in [0.2, 0.25) is 5.91 Å². The van der Waals surface area contributed by atoms with Crippen LogP contribution in [0.5, 0.6) is 0 Å². The second-order valence-corrected chi connectivity index (χ2v) is 10.4. The summed E-state index contributed by atoms with van der Waals surface area (Å²) in [6, 6.07) is 28.4. The first-order valence-corrected chi connectivity index (χ1v) is 14.3. The zero-order valence-electron chi connectivity index (χ0n) is 23.7. The van der Waals surface area contributed by atoms with Crippen molar-refractivity contribution in [3.63, 3.8) is 0 Å². The molecule has 1 heterocycles. The average Bonchev–Trinajstić information content (AvgIpc) is 3.16. The standard InChI is InChI=1S/C33H39FN6O2/c34-29(21-24-11-4-1-5-12-24)31(41)38-22-27-18-20-40(32(42)30(39-27)17-10-19-37-33(35)36)23-28(25-13-6-2-7-14-25)26-15-8-3-9-16-26/h1-9,11-16,21,27-28,30,39H,10,17-20,22-23H2,(H,38,41)(H4,35,36,37)/t27-,30-/m0/s1. The lowest BCUT2D eigenvalue weighted by Gasteiger charge is -2.29. The molecule has 1 aliphatic heterocycles. The van der Waals surface area contributed by atoms with Crippen molar-refractivity contribution in [3.05, 3.63) is 114 Å². The third-order valence-electron chi connectivity index (χ3n) is 7.37. The van der Waals surface area contributed by atoms with Crippen molar-refractivity contribution in [2.75, 3.05) is 26.2 Å². The number of halogens is 1. The van der Waals surface area contributed by atoms with E-state index >= 15 is 0 Å². The van der Waals surface area contributed by atoms with Gasteiger partial charge in [0.05, 0.1) is 6.04 Å². The first kappa shape index (κ1) is 30.5. The van der Waals surface area contributed by atoms with Gasteiger partial charge < -0.3 is 27.0 Å². The highest BCUT2D eigenvalue weighted by molar-refractivity contribution is 5.95. The first-order chi connectivity index (χ1) is 20.4. The molecule has 2 amide bonds. The van der Waals surface area contributed by atoms with Crippen LogP contribution in [0, 0.1) is 0 Å². The normalized spacial score (nSPS) is 17.5. The van der Waals surface area contributed by atoms with Gasteiger partial charge >= 0.3 is 0 Å². The van der Waals surface area contributed by atoms with Gasteiger partial charge in [-0.15, -0.1) is 0 Å². The van der Waals surface area contributed by atoms with Crippen LogP contribution in [0.2, 0.25) is 0 Å². The Morgan fingerprint density at radius 3 is 2.19 bits per heavy atom. The Hall–Kier alpha value is -4.50. The van der Waals surface area contributed by atoms with Gasteiger partial charge in [-0.25, -0.2) is 4.39 Å². The summed E-state index contributed by atoms with van der Waals surface area (Å²) in [5, 5.41) is 6.12. The second-order valence-electron chi connectivity index (χ2n) is 10.4. The molecule has 0 saturated carbocycles.